The summed E-state index contributed by atoms with van der Waals surface area (Å²) in [7, 11) is 1.53. The number of rotatable bonds is 10. The molecule has 0 amide bonds. The van der Waals surface area contributed by atoms with E-state index in [1.54, 1.807) is 6.07 Å². The number of carbonyl (C=O) groups is 1. The molecule has 5 nitrogen and oxygen atoms in total. The fraction of sp³-hybridized carbons (Fsp3) is 0.400. The number of aliphatic carboxylic acids is 1. The van der Waals surface area contributed by atoms with Crippen molar-refractivity contribution >= 4 is 22.9 Å². The number of carboxylic acids is 1. The van der Waals surface area contributed by atoms with Gasteiger partial charge < -0.3 is 14.6 Å². The molecule has 1 fully saturated rings. The van der Waals surface area contributed by atoms with Gasteiger partial charge in [0.2, 0.25) is 5.88 Å². The van der Waals surface area contributed by atoms with Crippen molar-refractivity contribution in [3.05, 3.63) is 70.5 Å². The number of allylic oxidation sites excluding steroid dienone is 2. The Balaban J connectivity index is 1.47. The van der Waals surface area contributed by atoms with Gasteiger partial charge in [0.25, 0.3) is 0 Å². The number of methoxy groups -OCH3 is 1. The molecule has 0 unspecified atom stereocenters. The van der Waals surface area contributed by atoms with Crippen LogP contribution in [0.1, 0.15) is 68.6 Å². The zero-order chi connectivity index (χ0) is 26.2. The quantitative estimate of drug-likeness (QED) is 0.296. The van der Waals surface area contributed by atoms with Gasteiger partial charge in [-0.1, -0.05) is 32.1 Å². The molecule has 3 aromatic rings. The largest absolute Gasteiger partial charge is 0.489 e. The maximum atomic E-state index is 15.0. The molecule has 1 aromatic carbocycles. The predicted molar refractivity (Wildman–Crippen MR) is 144 cm³/mol. The molecule has 2 aromatic heterocycles. The molecule has 2 aliphatic rings. The highest BCUT2D eigenvalue weighted by Gasteiger charge is 2.35. The van der Waals surface area contributed by atoms with E-state index in [4.69, 9.17) is 9.47 Å². The number of aromatic nitrogens is 1. The fourth-order valence-electron chi connectivity index (χ4n) is 5.37. The van der Waals surface area contributed by atoms with Crippen molar-refractivity contribution in [2.75, 3.05) is 7.11 Å². The van der Waals surface area contributed by atoms with Gasteiger partial charge >= 0.3 is 5.97 Å². The summed E-state index contributed by atoms with van der Waals surface area (Å²) in [5, 5.41) is 11.4. The molecular weight excluding hydrogens is 489 g/mol. The Morgan fingerprint density at radius 3 is 2.78 bits per heavy atom. The van der Waals surface area contributed by atoms with Crippen LogP contribution in [0.25, 0.3) is 16.0 Å². The van der Waals surface area contributed by atoms with E-state index in [0.717, 1.165) is 47.3 Å². The van der Waals surface area contributed by atoms with Crippen LogP contribution in [0.15, 0.2) is 48.0 Å². The Hall–Kier alpha value is -3.19. The summed E-state index contributed by atoms with van der Waals surface area (Å²) in [6.45, 7) is 4.79. The van der Waals surface area contributed by atoms with Gasteiger partial charge in [-0.05, 0) is 71.6 Å². The number of ether oxygens (including phenoxy) is 2. The number of carboxylic acid groups (broad SMARTS) is 1. The third-order valence-electron chi connectivity index (χ3n) is 7.53. The first-order valence-electron chi connectivity index (χ1n) is 12.7. The van der Waals surface area contributed by atoms with Gasteiger partial charge in [-0.2, -0.15) is 0 Å². The summed E-state index contributed by atoms with van der Waals surface area (Å²) in [5.41, 5.74) is 4.70. The van der Waals surface area contributed by atoms with Crippen molar-refractivity contribution in [2.45, 2.75) is 58.5 Å². The van der Waals surface area contributed by atoms with Crippen molar-refractivity contribution in [3.8, 4) is 22.1 Å². The summed E-state index contributed by atoms with van der Waals surface area (Å²) in [6.07, 6.45) is 7.77. The minimum absolute atomic E-state index is 0.0125. The molecule has 1 saturated carbocycles. The van der Waals surface area contributed by atoms with Gasteiger partial charge in [0, 0.05) is 27.6 Å². The molecule has 1 atom stereocenters. The second-order valence-corrected chi connectivity index (χ2v) is 11.5. The van der Waals surface area contributed by atoms with Gasteiger partial charge in [-0.15, -0.1) is 11.3 Å². The number of halogens is 1. The van der Waals surface area contributed by atoms with E-state index in [1.807, 2.05) is 29.6 Å². The van der Waals surface area contributed by atoms with Gasteiger partial charge in [-0.25, -0.2) is 9.37 Å². The Labute approximate surface area is 221 Å². The molecule has 5 rings (SSSR count). The highest BCUT2D eigenvalue weighted by atomic mass is 32.1. The molecule has 0 aliphatic heterocycles. The Bertz CT molecular complexity index is 1340. The summed E-state index contributed by atoms with van der Waals surface area (Å²) >= 11 is 1.50. The third kappa shape index (κ3) is 5.42. The summed E-state index contributed by atoms with van der Waals surface area (Å²) in [5.74, 6) is 0.371. The number of hydrogen-bond donors (Lipinski definition) is 1. The number of hydrogen-bond acceptors (Lipinski definition) is 5. The molecule has 7 heteroatoms. The molecule has 37 heavy (non-hydrogen) atoms. The molecule has 1 N–H and O–H groups in total. The van der Waals surface area contributed by atoms with Crippen LogP contribution in [0.2, 0.25) is 0 Å². The molecule has 0 radical (unpaired) electrons. The van der Waals surface area contributed by atoms with Crippen molar-refractivity contribution in [1.82, 2.24) is 4.98 Å². The Morgan fingerprint density at radius 1 is 1.30 bits per heavy atom. The average Bonchev–Trinajstić information content (AvgIpc) is 3.54. The standard InChI is InChI=1S/C30H32FNO4S/c1-30(2)11-5-8-24(30)28-20(17-37-29(28)23-13-26(35-3)32-15-25(23)31)16-36-21-7-4-6-19(12-21)22(14-27(33)34)18-9-10-18/h4,6-8,12-13,15,17-18,22H,5,9-11,14,16H2,1-3H3,(H,33,34)/t22-/m0/s1. The summed E-state index contributed by atoms with van der Waals surface area (Å²) < 4.78 is 26.5. The zero-order valence-electron chi connectivity index (χ0n) is 21.4. The van der Waals surface area contributed by atoms with Crippen LogP contribution in [0, 0.1) is 17.2 Å². The average molecular weight is 522 g/mol. The minimum Gasteiger partial charge on any atom is -0.489 e. The van der Waals surface area contributed by atoms with Crippen molar-refractivity contribution in [2.24, 2.45) is 11.3 Å². The van der Waals surface area contributed by atoms with Crippen LogP contribution in [0.4, 0.5) is 4.39 Å². The minimum atomic E-state index is -0.772. The number of nitrogens with zero attached hydrogens (tertiary/aromatic N) is 1. The SMILES string of the molecule is COc1cc(-c2scc(COc3cccc([C@@H](CC(=O)O)C4CC4)c3)c2C2=CCCC2(C)C)c(F)cn1. The van der Waals surface area contributed by atoms with E-state index < -0.39 is 5.97 Å². The first-order chi connectivity index (χ1) is 17.8. The van der Waals surface area contributed by atoms with Gasteiger partial charge in [-0.3, -0.25) is 4.79 Å². The first kappa shape index (κ1) is 25.5. The van der Waals surface area contributed by atoms with E-state index in [2.05, 4.69) is 24.9 Å². The summed E-state index contributed by atoms with van der Waals surface area (Å²) in [4.78, 5) is 16.3. The van der Waals surface area contributed by atoms with Gasteiger partial charge in [0.05, 0.1) is 19.7 Å². The van der Waals surface area contributed by atoms with Crippen molar-refractivity contribution < 1.29 is 23.8 Å². The van der Waals surface area contributed by atoms with Crippen LogP contribution in [-0.4, -0.2) is 23.2 Å². The monoisotopic (exact) mass is 521 g/mol. The lowest BCUT2D eigenvalue weighted by Crippen LogP contribution is -2.11. The smallest absolute Gasteiger partial charge is 0.303 e. The van der Waals surface area contributed by atoms with E-state index in [9.17, 15) is 14.3 Å². The lowest BCUT2D eigenvalue weighted by atomic mass is 9.80. The lowest BCUT2D eigenvalue weighted by molar-refractivity contribution is -0.137. The second-order valence-electron chi connectivity index (χ2n) is 10.6. The van der Waals surface area contributed by atoms with Gasteiger partial charge in [0.15, 0.2) is 0 Å². The topological polar surface area (TPSA) is 68.7 Å². The highest BCUT2D eigenvalue weighted by molar-refractivity contribution is 7.14. The van der Waals surface area contributed by atoms with Gasteiger partial charge in [0.1, 0.15) is 18.2 Å². The molecule has 2 aliphatic carbocycles. The molecule has 0 saturated heterocycles. The van der Waals surface area contributed by atoms with E-state index in [1.165, 1.54) is 30.2 Å². The fourth-order valence-corrected chi connectivity index (χ4v) is 6.46. The number of benzene rings is 1. The van der Waals surface area contributed by atoms with Crippen molar-refractivity contribution in [1.29, 1.82) is 0 Å². The maximum Gasteiger partial charge on any atom is 0.303 e. The molecule has 0 spiro atoms. The van der Waals surface area contributed by atoms with Crippen LogP contribution in [-0.2, 0) is 11.4 Å². The maximum absolute atomic E-state index is 15.0. The van der Waals surface area contributed by atoms with E-state index in [0.29, 0.717) is 29.7 Å². The number of thiophene rings is 1. The van der Waals surface area contributed by atoms with Crippen LogP contribution in [0.3, 0.4) is 0 Å². The third-order valence-corrected chi connectivity index (χ3v) is 8.60. The second kappa shape index (κ2) is 10.3. The van der Waals surface area contributed by atoms with Crippen LogP contribution >= 0.6 is 11.3 Å². The van der Waals surface area contributed by atoms with E-state index >= 15 is 0 Å². The number of pyridine rings is 1. The first-order valence-corrected chi connectivity index (χ1v) is 13.6. The van der Waals surface area contributed by atoms with Crippen molar-refractivity contribution in [3.63, 3.8) is 0 Å². The molecule has 194 valence electrons. The highest BCUT2D eigenvalue weighted by Crippen LogP contribution is 2.50. The normalized spacial score (nSPS) is 17.4. The Morgan fingerprint density at radius 2 is 2.11 bits per heavy atom. The molecule has 0 bridgehead atoms. The summed E-state index contributed by atoms with van der Waals surface area (Å²) in [6, 6.07) is 9.47. The molecule has 2 heterocycles. The Kier molecular flexibility index (Phi) is 7.08. The van der Waals surface area contributed by atoms with Crippen LogP contribution < -0.4 is 9.47 Å². The van der Waals surface area contributed by atoms with Crippen LogP contribution in [0.5, 0.6) is 11.6 Å². The lowest BCUT2D eigenvalue weighted by Gasteiger charge is -2.24. The predicted octanol–water partition coefficient (Wildman–Crippen LogP) is 7.71. The van der Waals surface area contributed by atoms with E-state index in [-0.39, 0.29) is 23.6 Å². The zero-order valence-corrected chi connectivity index (χ0v) is 22.2. The molecular formula is C30H32FNO4S.